The third-order valence-electron chi connectivity index (χ3n) is 5.02. The summed E-state index contributed by atoms with van der Waals surface area (Å²) in [5.74, 6) is 1.44. The van der Waals surface area contributed by atoms with Crippen molar-refractivity contribution in [1.29, 1.82) is 0 Å². The van der Waals surface area contributed by atoms with Crippen molar-refractivity contribution in [2.45, 2.75) is 22.6 Å². The molecule has 1 fully saturated rings. The molecular formula is C23H27ClN2O2S. The van der Waals surface area contributed by atoms with Gasteiger partial charge in [0.05, 0.1) is 12.0 Å². The molecule has 154 valence electrons. The first-order chi connectivity index (χ1) is 14.0. The molecule has 29 heavy (non-hydrogen) atoms. The number of carbonyl (C=O) groups excluding carboxylic acids is 1. The molecule has 1 N–H and O–H groups in total. The van der Waals surface area contributed by atoms with Gasteiger partial charge in [0.25, 0.3) is 0 Å². The van der Waals surface area contributed by atoms with Crippen molar-refractivity contribution < 1.29 is 9.53 Å². The number of ether oxygens (including phenoxy) is 1. The molecule has 0 radical (unpaired) electrons. The molecule has 1 amide bonds. The van der Waals surface area contributed by atoms with Crippen LogP contribution in [0.4, 0.5) is 0 Å². The second kappa shape index (κ2) is 10.7. The average molecular weight is 431 g/mol. The maximum atomic E-state index is 12.1. The highest BCUT2D eigenvalue weighted by Crippen LogP contribution is 2.36. The van der Waals surface area contributed by atoms with Gasteiger partial charge in [-0.05, 0) is 68.3 Å². The zero-order valence-corrected chi connectivity index (χ0v) is 18.4. The number of amides is 1. The summed E-state index contributed by atoms with van der Waals surface area (Å²) in [5, 5.41) is 3.58. The number of halogens is 1. The summed E-state index contributed by atoms with van der Waals surface area (Å²) in [6, 6.07) is 13.7. The Morgan fingerprint density at radius 1 is 1.34 bits per heavy atom. The van der Waals surface area contributed by atoms with Gasteiger partial charge in [-0.1, -0.05) is 41.6 Å². The maximum Gasteiger partial charge on any atom is 0.244 e. The van der Waals surface area contributed by atoms with E-state index in [1.807, 2.05) is 42.5 Å². The molecule has 1 aliphatic rings. The van der Waals surface area contributed by atoms with Crippen LogP contribution in [0.5, 0.6) is 5.75 Å². The third-order valence-corrected chi connectivity index (χ3v) is 6.40. The fourth-order valence-electron chi connectivity index (χ4n) is 3.42. The zero-order chi connectivity index (χ0) is 20.6. The summed E-state index contributed by atoms with van der Waals surface area (Å²) in [7, 11) is 3.81. The van der Waals surface area contributed by atoms with E-state index in [0.29, 0.717) is 17.5 Å². The quantitative estimate of drug-likeness (QED) is 0.600. The highest BCUT2D eigenvalue weighted by molar-refractivity contribution is 7.99. The van der Waals surface area contributed by atoms with Crippen molar-refractivity contribution >= 4 is 35.3 Å². The van der Waals surface area contributed by atoms with Crippen LogP contribution in [0.15, 0.2) is 58.3 Å². The van der Waals surface area contributed by atoms with Gasteiger partial charge in [0.1, 0.15) is 5.75 Å². The van der Waals surface area contributed by atoms with Crippen molar-refractivity contribution in [1.82, 2.24) is 10.2 Å². The van der Waals surface area contributed by atoms with E-state index in [-0.39, 0.29) is 5.91 Å². The van der Waals surface area contributed by atoms with Crippen LogP contribution in [0.2, 0.25) is 5.02 Å². The van der Waals surface area contributed by atoms with E-state index >= 15 is 0 Å². The predicted octanol–water partition coefficient (Wildman–Crippen LogP) is 4.97. The van der Waals surface area contributed by atoms with E-state index in [1.54, 1.807) is 31.0 Å². The van der Waals surface area contributed by atoms with Gasteiger partial charge in [-0.2, -0.15) is 0 Å². The zero-order valence-electron chi connectivity index (χ0n) is 16.9. The molecule has 1 atom stereocenters. The molecule has 0 aliphatic carbocycles. The SMILES string of the molecule is COc1ccccc1Sc1ccc(C=CC(=O)NCCC2CCN(C)C2)c(Cl)c1. The van der Waals surface area contributed by atoms with Gasteiger partial charge in [0.15, 0.2) is 0 Å². The van der Waals surface area contributed by atoms with Crippen LogP contribution in [-0.2, 0) is 4.79 Å². The summed E-state index contributed by atoms with van der Waals surface area (Å²) in [6.45, 7) is 2.99. The van der Waals surface area contributed by atoms with E-state index in [4.69, 9.17) is 16.3 Å². The summed E-state index contributed by atoms with van der Waals surface area (Å²) in [6.07, 6.45) is 5.56. The number of nitrogens with one attached hydrogen (secondary N) is 1. The molecule has 2 aromatic rings. The molecule has 6 heteroatoms. The number of likely N-dealkylation sites (tertiary alicyclic amines) is 1. The molecule has 0 saturated carbocycles. The second-order valence-corrected chi connectivity index (χ2v) is 8.79. The number of nitrogens with zero attached hydrogens (tertiary/aromatic N) is 1. The number of methoxy groups -OCH3 is 1. The van der Waals surface area contributed by atoms with Crippen LogP contribution in [-0.4, -0.2) is 44.6 Å². The second-order valence-electron chi connectivity index (χ2n) is 7.27. The molecule has 2 aromatic carbocycles. The van der Waals surface area contributed by atoms with Crippen LogP contribution in [0, 0.1) is 5.92 Å². The summed E-state index contributed by atoms with van der Waals surface area (Å²) >= 11 is 8.02. The van der Waals surface area contributed by atoms with Gasteiger partial charge in [-0.15, -0.1) is 0 Å². The smallest absolute Gasteiger partial charge is 0.244 e. The van der Waals surface area contributed by atoms with Crippen molar-refractivity contribution in [3.63, 3.8) is 0 Å². The lowest BCUT2D eigenvalue weighted by Gasteiger charge is -2.10. The topological polar surface area (TPSA) is 41.6 Å². The minimum atomic E-state index is -0.0834. The molecule has 0 bridgehead atoms. The van der Waals surface area contributed by atoms with Crippen LogP contribution in [0.3, 0.4) is 0 Å². The number of para-hydroxylation sites is 1. The first-order valence-electron chi connectivity index (χ1n) is 9.80. The Hall–Kier alpha value is -1.95. The summed E-state index contributed by atoms with van der Waals surface area (Å²) in [5.41, 5.74) is 0.823. The van der Waals surface area contributed by atoms with Gasteiger partial charge in [-0.3, -0.25) is 4.79 Å². The van der Waals surface area contributed by atoms with E-state index in [9.17, 15) is 4.79 Å². The van der Waals surface area contributed by atoms with Crippen molar-refractivity contribution in [2.75, 3.05) is 33.8 Å². The molecule has 1 heterocycles. The lowest BCUT2D eigenvalue weighted by molar-refractivity contribution is -0.116. The minimum Gasteiger partial charge on any atom is -0.496 e. The first kappa shape index (κ1) is 21.8. The highest BCUT2D eigenvalue weighted by atomic mass is 35.5. The van der Waals surface area contributed by atoms with Crippen LogP contribution in [0.25, 0.3) is 6.08 Å². The number of rotatable bonds is 8. The molecule has 4 nitrogen and oxygen atoms in total. The molecule has 1 aliphatic heterocycles. The Bertz CT molecular complexity index is 872. The Kier molecular flexibility index (Phi) is 8.04. The van der Waals surface area contributed by atoms with Gasteiger partial charge in [0.2, 0.25) is 5.91 Å². The van der Waals surface area contributed by atoms with Crippen molar-refractivity contribution in [3.05, 3.63) is 59.1 Å². The lowest BCUT2D eigenvalue weighted by Crippen LogP contribution is -2.24. The van der Waals surface area contributed by atoms with Crippen molar-refractivity contribution in [3.8, 4) is 5.75 Å². The average Bonchev–Trinajstić information content (AvgIpc) is 3.13. The maximum absolute atomic E-state index is 12.1. The lowest BCUT2D eigenvalue weighted by atomic mass is 10.1. The largest absolute Gasteiger partial charge is 0.496 e. The van der Waals surface area contributed by atoms with Gasteiger partial charge >= 0.3 is 0 Å². The molecule has 0 aromatic heterocycles. The Labute approximate surface area is 182 Å². The predicted molar refractivity (Wildman–Crippen MR) is 121 cm³/mol. The van der Waals surface area contributed by atoms with Crippen molar-refractivity contribution in [2.24, 2.45) is 5.92 Å². The molecule has 1 saturated heterocycles. The van der Waals surface area contributed by atoms with E-state index < -0.39 is 0 Å². The fourth-order valence-corrected chi connectivity index (χ4v) is 4.70. The van der Waals surface area contributed by atoms with E-state index in [0.717, 1.165) is 40.6 Å². The van der Waals surface area contributed by atoms with Crippen LogP contribution in [0.1, 0.15) is 18.4 Å². The van der Waals surface area contributed by atoms with E-state index in [2.05, 4.69) is 17.3 Å². The normalized spacial score (nSPS) is 17.0. The molecule has 1 unspecified atom stereocenters. The Morgan fingerprint density at radius 3 is 2.90 bits per heavy atom. The van der Waals surface area contributed by atoms with E-state index in [1.165, 1.54) is 6.42 Å². The fraction of sp³-hybridized carbons (Fsp3) is 0.348. The summed E-state index contributed by atoms with van der Waals surface area (Å²) in [4.78, 5) is 16.5. The van der Waals surface area contributed by atoms with Gasteiger partial charge in [0, 0.05) is 29.1 Å². The first-order valence-corrected chi connectivity index (χ1v) is 11.0. The number of carbonyl (C=O) groups is 1. The van der Waals surface area contributed by atoms with Gasteiger partial charge in [-0.25, -0.2) is 0 Å². The van der Waals surface area contributed by atoms with Gasteiger partial charge < -0.3 is 15.0 Å². The Morgan fingerprint density at radius 2 is 2.17 bits per heavy atom. The van der Waals surface area contributed by atoms with Crippen LogP contribution >= 0.6 is 23.4 Å². The van der Waals surface area contributed by atoms with Crippen LogP contribution < -0.4 is 10.1 Å². The number of benzene rings is 2. The minimum absolute atomic E-state index is 0.0834. The highest BCUT2D eigenvalue weighted by Gasteiger charge is 2.18. The Balaban J connectivity index is 1.52. The standard InChI is InChI=1S/C23H27ClN2O2S/c1-26-14-12-17(16-26)11-13-25-23(27)10-8-18-7-9-19(15-20(18)24)29-22-6-4-3-5-21(22)28-2/h3-10,15,17H,11-14,16H2,1-2H3,(H,25,27). The summed E-state index contributed by atoms with van der Waals surface area (Å²) < 4.78 is 5.39. The molecular weight excluding hydrogens is 404 g/mol. The monoisotopic (exact) mass is 430 g/mol. The number of hydrogen-bond acceptors (Lipinski definition) is 4. The number of hydrogen-bond donors (Lipinski definition) is 1. The third kappa shape index (κ3) is 6.53. The molecule has 0 spiro atoms. The molecule has 3 rings (SSSR count).